The van der Waals surface area contributed by atoms with Gasteiger partial charge in [-0.2, -0.15) is 0 Å². The first-order valence-electron chi connectivity index (χ1n) is 9.30. The highest BCUT2D eigenvalue weighted by Crippen LogP contribution is 2.25. The predicted octanol–water partition coefficient (Wildman–Crippen LogP) is 2.78. The summed E-state index contributed by atoms with van der Waals surface area (Å²) in [5, 5.41) is 10.4. The summed E-state index contributed by atoms with van der Waals surface area (Å²) in [6.45, 7) is 4.37. The highest BCUT2D eigenvalue weighted by molar-refractivity contribution is 7.99. The molecule has 2 heterocycles. The highest BCUT2D eigenvalue weighted by Gasteiger charge is 2.21. The van der Waals surface area contributed by atoms with Gasteiger partial charge in [-0.1, -0.05) is 36.9 Å². The van der Waals surface area contributed by atoms with Crippen LogP contribution in [0.15, 0.2) is 35.6 Å². The van der Waals surface area contributed by atoms with E-state index in [4.69, 9.17) is 4.74 Å². The number of nitrogens with zero attached hydrogens (tertiary/aromatic N) is 3. The number of imidazole rings is 1. The van der Waals surface area contributed by atoms with Crippen molar-refractivity contribution in [2.75, 3.05) is 26.0 Å². The molecule has 1 saturated heterocycles. The molecule has 0 atom stereocenters. The van der Waals surface area contributed by atoms with Gasteiger partial charge in [-0.15, -0.1) is 0 Å². The number of benzene rings is 1. The summed E-state index contributed by atoms with van der Waals surface area (Å²) in [4.78, 5) is 18.9. The smallest absolute Gasteiger partial charge is 0.233 e. The number of piperidine rings is 1. The molecule has 0 aliphatic carbocycles. The zero-order valence-corrected chi connectivity index (χ0v) is 16.7. The zero-order valence-electron chi connectivity index (χ0n) is 15.9. The van der Waals surface area contributed by atoms with Crippen LogP contribution in [0.1, 0.15) is 31.0 Å². The third kappa shape index (κ3) is 4.84. The third-order valence-corrected chi connectivity index (χ3v) is 6.02. The number of aliphatic hydroxyl groups is 1. The first kappa shape index (κ1) is 19.8. The lowest BCUT2D eigenvalue weighted by molar-refractivity contribution is -0.129. The van der Waals surface area contributed by atoms with Crippen LogP contribution in [0, 0.1) is 5.92 Å². The molecule has 0 saturated carbocycles. The summed E-state index contributed by atoms with van der Waals surface area (Å²) in [5.41, 5.74) is 1.73. The van der Waals surface area contributed by atoms with Crippen LogP contribution in [0.5, 0.6) is 5.75 Å². The van der Waals surface area contributed by atoms with Gasteiger partial charge in [0.15, 0.2) is 5.16 Å². The number of ether oxygens (including phenoxy) is 1. The van der Waals surface area contributed by atoms with E-state index in [0.717, 1.165) is 48.1 Å². The predicted molar refractivity (Wildman–Crippen MR) is 106 cm³/mol. The number of methoxy groups -OCH3 is 1. The molecule has 2 aromatic rings. The van der Waals surface area contributed by atoms with Gasteiger partial charge in [-0.05, 0) is 24.8 Å². The van der Waals surface area contributed by atoms with Gasteiger partial charge >= 0.3 is 0 Å². The molecule has 1 N–H and O–H groups in total. The molecular weight excluding hydrogens is 362 g/mol. The molecular formula is C20H27N3O3S. The number of thioether (sulfide) groups is 1. The minimum atomic E-state index is -0.0966. The second-order valence-electron chi connectivity index (χ2n) is 6.94. The first-order valence-corrected chi connectivity index (χ1v) is 10.3. The minimum Gasteiger partial charge on any atom is -0.496 e. The van der Waals surface area contributed by atoms with Crippen molar-refractivity contribution in [1.82, 2.24) is 14.5 Å². The van der Waals surface area contributed by atoms with Gasteiger partial charge in [0.1, 0.15) is 5.75 Å². The van der Waals surface area contributed by atoms with Crippen LogP contribution >= 0.6 is 11.8 Å². The van der Waals surface area contributed by atoms with Crippen LogP contribution in [0.3, 0.4) is 0 Å². The van der Waals surface area contributed by atoms with Crippen molar-refractivity contribution in [2.24, 2.45) is 5.92 Å². The van der Waals surface area contributed by atoms with Crippen LogP contribution in [0.25, 0.3) is 0 Å². The first-order chi connectivity index (χ1) is 13.1. The van der Waals surface area contributed by atoms with Gasteiger partial charge in [0.05, 0.1) is 37.9 Å². The number of carbonyl (C=O) groups excluding carboxylic acids is 1. The summed E-state index contributed by atoms with van der Waals surface area (Å²) in [6, 6.07) is 7.80. The average Bonchev–Trinajstić information content (AvgIpc) is 3.08. The summed E-state index contributed by atoms with van der Waals surface area (Å²) < 4.78 is 7.38. The quantitative estimate of drug-likeness (QED) is 0.738. The fraction of sp³-hybridized carbons (Fsp3) is 0.500. The van der Waals surface area contributed by atoms with E-state index in [2.05, 4.69) is 11.9 Å². The molecule has 1 aliphatic rings. The number of likely N-dealkylation sites (tertiary alicyclic amines) is 1. The van der Waals surface area contributed by atoms with E-state index in [1.807, 2.05) is 33.7 Å². The largest absolute Gasteiger partial charge is 0.496 e. The Morgan fingerprint density at radius 3 is 2.78 bits per heavy atom. The maximum absolute atomic E-state index is 12.5. The number of aliphatic hydroxyl groups excluding tert-OH is 1. The van der Waals surface area contributed by atoms with Gasteiger partial charge < -0.3 is 19.3 Å². The van der Waals surface area contributed by atoms with Crippen molar-refractivity contribution in [3.8, 4) is 5.75 Å². The zero-order chi connectivity index (χ0) is 19.2. The molecule has 1 aliphatic heterocycles. The molecule has 1 aromatic heterocycles. The summed E-state index contributed by atoms with van der Waals surface area (Å²) in [7, 11) is 1.65. The van der Waals surface area contributed by atoms with Gasteiger partial charge in [0.25, 0.3) is 0 Å². The molecule has 7 heteroatoms. The molecule has 0 bridgehead atoms. The Morgan fingerprint density at radius 1 is 1.33 bits per heavy atom. The van der Waals surface area contributed by atoms with E-state index in [0.29, 0.717) is 18.2 Å². The fourth-order valence-electron chi connectivity index (χ4n) is 3.28. The van der Waals surface area contributed by atoms with Gasteiger partial charge in [0.2, 0.25) is 5.91 Å². The number of amides is 1. The second-order valence-corrected chi connectivity index (χ2v) is 7.88. The van der Waals surface area contributed by atoms with E-state index >= 15 is 0 Å². The van der Waals surface area contributed by atoms with E-state index in [9.17, 15) is 9.90 Å². The van der Waals surface area contributed by atoms with Crippen molar-refractivity contribution < 1.29 is 14.6 Å². The number of hydrogen-bond donors (Lipinski definition) is 1. The Hall–Kier alpha value is -1.99. The average molecular weight is 390 g/mol. The van der Waals surface area contributed by atoms with Crippen molar-refractivity contribution >= 4 is 17.7 Å². The van der Waals surface area contributed by atoms with E-state index in [1.54, 1.807) is 13.3 Å². The Morgan fingerprint density at radius 2 is 2.07 bits per heavy atom. The lowest BCUT2D eigenvalue weighted by Crippen LogP contribution is -2.38. The Labute approximate surface area is 164 Å². The van der Waals surface area contributed by atoms with Crippen LogP contribution in [-0.4, -0.2) is 51.4 Å². The van der Waals surface area contributed by atoms with Crippen LogP contribution in [0.2, 0.25) is 0 Å². The van der Waals surface area contributed by atoms with Crippen LogP contribution in [-0.2, 0) is 17.9 Å². The number of rotatable bonds is 7. The Bertz CT molecular complexity index is 770. The lowest BCUT2D eigenvalue weighted by atomic mass is 9.99. The van der Waals surface area contributed by atoms with E-state index in [1.165, 1.54) is 11.8 Å². The van der Waals surface area contributed by atoms with Crippen LogP contribution < -0.4 is 4.74 Å². The molecule has 0 radical (unpaired) electrons. The Balaban J connectivity index is 1.69. The highest BCUT2D eigenvalue weighted by atomic mass is 32.2. The standard InChI is InChI=1S/C20H27N3O3S/c1-15-7-9-22(10-8-15)19(25)14-27-20-21-11-17(13-24)23(20)12-16-5-3-4-6-18(16)26-2/h3-6,11,15,24H,7-10,12-14H2,1-2H3. The molecule has 3 rings (SSSR count). The summed E-state index contributed by atoms with van der Waals surface area (Å²) >= 11 is 1.43. The molecule has 27 heavy (non-hydrogen) atoms. The normalized spacial score (nSPS) is 15.1. The number of aromatic nitrogens is 2. The van der Waals surface area contributed by atoms with E-state index < -0.39 is 0 Å². The maximum atomic E-state index is 12.5. The number of para-hydroxylation sites is 1. The topological polar surface area (TPSA) is 67.6 Å². The number of carbonyl (C=O) groups is 1. The molecule has 146 valence electrons. The molecule has 1 aromatic carbocycles. The molecule has 1 fully saturated rings. The lowest BCUT2D eigenvalue weighted by Gasteiger charge is -2.30. The molecule has 1 amide bonds. The van der Waals surface area contributed by atoms with Crippen molar-refractivity contribution in [3.05, 3.63) is 41.7 Å². The van der Waals surface area contributed by atoms with Gasteiger partial charge in [-0.25, -0.2) is 4.98 Å². The maximum Gasteiger partial charge on any atom is 0.233 e. The van der Waals surface area contributed by atoms with E-state index in [-0.39, 0.29) is 12.5 Å². The van der Waals surface area contributed by atoms with Crippen molar-refractivity contribution in [3.63, 3.8) is 0 Å². The molecule has 0 unspecified atom stereocenters. The van der Waals surface area contributed by atoms with Crippen molar-refractivity contribution in [2.45, 2.75) is 38.1 Å². The summed E-state index contributed by atoms with van der Waals surface area (Å²) in [5.74, 6) is 2.02. The van der Waals surface area contributed by atoms with Gasteiger partial charge in [-0.3, -0.25) is 4.79 Å². The fourth-order valence-corrected chi connectivity index (χ4v) is 4.18. The van der Waals surface area contributed by atoms with Crippen molar-refractivity contribution in [1.29, 1.82) is 0 Å². The number of hydrogen-bond acceptors (Lipinski definition) is 5. The Kier molecular flexibility index (Phi) is 6.79. The molecule has 0 spiro atoms. The second kappa shape index (κ2) is 9.28. The third-order valence-electron chi connectivity index (χ3n) is 5.05. The minimum absolute atomic E-state index is 0.0966. The van der Waals surface area contributed by atoms with Crippen LogP contribution in [0.4, 0.5) is 0 Å². The molecule has 6 nitrogen and oxygen atoms in total. The SMILES string of the molecule is COc1ccccc1Cn1c(CO)cnc1SCC(=O)N1CCC(C)CC1. The monoisotopic (exact) mass is 389 g/mol. The summed E-state index contributed by atoms with van der Waals surface area (Å²) in [6.07, 6.45) is 3.83. The van der Waals surface area contributed by atoms with Gasteiger partial charge in [0, 0.05) is 18.7 Å².